The lowest BCUT2D eigenvalue weighted by atomic mass is 9.95. The molecule has 1 saturated carbocycles. The summed E-state index contributed by atoms with van der Waals surface area (Å²) in [4.78, 5) is 32.7. The third-order valence-corrected chi connectivity index (χ3v) is 11.3. The highest BCUT2D eigenvalue weighted by Crippen LogP contribution is 2.53. The molecule has 4 atom stereocenters. The fourth-order valence-electron chi connectivity index (χ4n) is 8.24. The van der Waals surface area contributed by atoms with Crippen LogP contribution in [0.2, 0.25) is 5.02 Å². The zero-order valence-electron chi connectivity index (χ0n) is 29.9. The van der Waals surface area contributed by atoms with Crippen molar-refractivity contribution in [3.8, 4) is 23.0 Å². The minimum absolute atomic E-state index is 0.00146. The van der Waals surface area contributed by atoms with E-state index in [0.717, 1.165) is 37.1 Å². The number of aryl methyl sites for hydroxylation is 1. The summed E-state index contributed by atoms with van der Waals surface area (Å²) in [7, 11) is 4.91. The Labute approximate surface area is 306 Å². The maximum absolute atomic E-state index is 17.2. The lowest BCUT2D eigenvalue weighted by Gasteiger charge is -2.31. The zero-order chi connectivity index (χ0) is 36.3. The van der Waals surface area contributed by atoms with Gasteiger partial charge in [0.2, 0.25) is 0 Å². The number of fused-ring (bicyclic) bond motifs is 3. The van der Waals surface area contributed by atoms with Crippen molar-refractivity contribution < 1.29 is 27.8 Å². The van der Waals surface area contributed by atoms with Gasteiger partial charge in [0.05, 0.1) is 23.2 Å². The normalized spacial score (nSPS) is 24.1. The third-order valence-electron chi connectivity index (χ3n) is 11.0. The van der Waals surface area contributed by atoms with Gasteiger partial charge >= 0.3 is 6.01 Å². The molecule has 4 aromatic rings. The first-order valence-corrected chi connectivity index (χ1v) is 18.3. The van der Waals surface area contributed by atoms with Crippen molar-refractivity contribution in [1.82, 2.24) is 34.5 Å². The van der Waals surface area contributed by atoms with Crippen molar-refractivity contribution in [3.63, 3.8) is 0 Å². The molecule has 8 rings (SSSR count). The lowest BCUT2D eigenvalue weighted by molar-refractivity contribution is 0.0511. The van der Waals surface area contributed by atoms with Crippen LogP contribution in [0.5, 0.6) is 11.8 Å². The highest BCUT2D eigenvalue weighted by atomic mass is 35.5. The smallest absolute Gasteiger partial charge is 0.319 e. The van der Waals surface area contributed by atoms with Gasteiger partial charge in [-0.1, -0.05) is 18.5 Å². The van der Waals surface area contributed by atoms with E-state index in [1.165, 1.54) is 12.0 Å². The summed E-state index contributed by atoms with van der Waals surface area (Å²) < 4.78 is 50.9. The number of methoxy groups -OCH3 is 1. The van der Waals surface area contributed by atoms with Crippen LogP contribution in [0.3, 0.4) is 0 Å². The molecule has 0 N–H and O–H groups in total. The van der Waals surface area contributed by atoms with Gasteiger partial charge in [-0.3, -0.25) is 19.4 Å². The molecule has 0 spiro atoms. The Morgan fingerprint density at radius 3 is 2.73 bits per heavy atom. The Bertz CT molecular complexity index is 2030. The average Bonchev–Trinajstić information content (AvgIpc) is 3.40. The predicted molar refractivity (Wildman–Crippen MR) is 191 cm³/mol. The number of anilines is 1. The number of hydrogen-bond donors (Lipinski definition) is 0. The molecule has 3 fully saturated rings. The number of rotatable bonds is 10. The lowest BCUT2D eigenvalue weighted by Crippen LogP contribution is -2.43. The van der Waals surface area contributed by atoms with Crippen molar-refractivity contribution in [3.05, 3.63) is 52.2 Å². The molecule has 276 valence electrons. The molecule has 3 aliphatic heterocycles. The minimum Gasteiger partial charge on any atom is -0.467 e. The van der Waals surface area contributed by atoms with Crippen molar-refractivity contribution >= 4 is 34.2 Å². The maximum atomic E-state index is 17.2. The van der Waals surface area contributed by atoms with Gasteiger partial charge in [0.1, 0.15) is 35.6 Å². The summed E-state index contributed by atoms with van der Waals surface area (Å²) in [5.74, 6) is 0.608. The van der Waals surface area contributed by atoms with E-state index in [0.29, 0.717) is 78.2 Å². The van der Waals surface area contributed by atoms with Gasteiger partial charge in [-0.15, -0.1) is 0 Å². The molecule has 1 amide bonds. The Balaban J connectivity index is 1.23. The van der Waals surface area contributed by atoms with Gasteiger partial charge in [-0.2, -0.15) is 15.1 Å². The van der Waals surface area contributed by atoms with E-state index < -0.39 is 17.5 Å². The molecular formula is C37H43ClF2N8O4. The predicted octanol–water partition coefficient (Wildman–Crippen LogP) is 5.85. The molecule has 4 aliphatic rings. The second-order valence-corrected chi connectivity index (χ2v) is 15.2. The third kappa shape index (κ3) is 6.32. The number of hydrogen-bond acceptors (Lipinski definition) is 10. The molecule has 1 aromatic carbocycles. The Kier molecular flexibility index (Phi) is 9.19. The van der Waals surface area contributed by atoms with Crippen molar-refractivity contribution in [1.29, 1.82) is 0 Å². The van der Waals surface area contributed by atoms with Crippen LogP contribution in [0.4, 0.5) is 14.6 Å². The summed E-state index contributed by atoms with van der Waals surface area (Å²) in [6.07, 6.45) is 4.46. The SMILES string of the molecule is COCOc1cc(Cl)c([C@H]2C[C@H]2C)c(-c2ncc3c(N4CCCn5nc(C(=O)N(C)C)cc5C4)nc(OC[C@@]45CCCN4C[C@H](F)C5)nc3c2F)c1. The molecule has 6 heterocycles. The maximum Gasteiger partial charge on any atom is 0.319 e. The molecular weight excluding hydrogens is 694 g/mol. The van der Waals surface area contributed by atoms with Crippen LogP contribution in [0.1, 0.15) is 66.7 Å². The van der Waals surface area contributed by atoms with Crippen LogP contribution in [0, 0.1) is 11.7 Å². The topological polar surface area (TPSA) is 111 Å². The number of ether oxygens (including phenoxy) is 3. The van der Waals surface area contributed by atoms with E-state index in [-0.39, 0.29) is 42.4 Å². The van der Waals surface area contributed by atoms with E-state index in [4.69, 9.17) is 35.8 Å². The molecule has 15 heteroatoms. The van der Waals surface area contributed by atoms with Crippen LogP contribution < -0.4 is 14.4 Å². The highest BCUT2D eigenvalue weighted by molar-refractivity contribution is 6.32. The van der Waals surface area contributed by atoms with Crippen LogP contribution in [-0.4, -0.2) is 106 Å². The average molecular weight is 737 g/mol. The number of nitrogens with zero attached hydrogens (tertiary/aromatic N) is 8. The number of benzene rings is 1. The monoisotopic (exact) mass is 736 g/mol. The van der Waals surface area contributed by atoms with Crippen LogP contribution in [0.15, 0.2) is 24.4 Å². The number of carbonyl (C=O) groups is 1. The highest BCUT2D eigenvalue weighted by Gasteiger charge is 2.49. The Morgan fingerprint density at radius 1 is 1.13 bits per heavy atom. The molecule has 0 unspecified atom stereocenters. The summed E-state index contributed by atoms with van der Waals surface area (Å²) >= 11 is 6.85. The van der Waals surface area contributed by atoms with Gasteiger partial charge in [-0.25, -0.2) is 8.78 Å². The van der Waals surface area contributed by atoms with Crippen LogP contribution >= 0.6 is 11.6 Å². The summed E-state index contributed by atoms with van der Waals surface area (Å²) in [5.41, 5.74) is 2.24. The fourth-order valence-corrected chi connectivity index (χ4v) is 8.59. The molecule has 1 aliphatic carbocycles. The van der Waals surface area contributed by atoms with E-state index in [2.05, 4.69) is 21.9 Å². The van der Waals surface area contributed by atoms with E-state index in [1.807, 2.05) is 9.58 Å². The molecule has 0 bridgehead atoms. The fraction of sp³-hybridized carbons (Fsp3) is 0.541. The molecule has 12 nitrogen and oxygen atoms in total. The van der Waals surface area contributed by atoms with Gasteiger partial charge in [0.15, 0.2) is 18.3 Å². The first kappa shape index (κ1) is 34.9. The largest absolute Gasteiger partial charge is 0.467 e. The summed E-state index contributed by atoms with van der Waals surface area (Å²) in [6, 6.07) is 5.29. The van der Waals surface area contributed by atoms with Crippen LogP contribution in [-0.2, 0) is 17.8 Å². The number of aromatic nitrogens is 5. The first-order chi connectivity index (χ1) is 25.0. The van der Waals surface area contributed by atoms with E-state index in [1.54, 1.807) is 38.5 Å². The number of pyridine rings is 1. The number of amides is 1. The number of halogens is 3. The molecule has 2 saturated heterocycles. The van der Waals surface area contributed by atoms with Gasteiger partial charge in [0.25, 0.3) is 5.91 Å². The van der Waals surface area contributed by atoms with Gasteiger partial charge in [0, 0.05) is 64.0 Å². The van der Waals surface area contributed by atoms with Crippen molar-refractivity contribution in [2.45, 2.75) is 69.7 Å². The van der Waals surface area contributed by atoms with Crippen molar-refractivity contribution in [2.75, 3.05) is 59.1 Å². The van der Waals surface area contributed by atoms with E-state index in [9.17, 15) is 9.18 Å². The standard InChI is InChI=1S/C37H43ClF2N8O4/c1-21-11-25(21)30-26(13-24(14-28(30)38)52-20-50-4)32-31(40)33-27(16-41-32)34(43-36(42-33)51-19-37-7-5-9-47(37)17-22(39)15-37)46-8-6-10-48-23(18-46)12-29(44-48)35(49)45(2)3/h12-14,16,21-22,25H,5-11,15,17-20H2,1-4H3/t21-,22-,25+,37+/m1/s1. The summed E-state index contributed by atoms with van der Waals surface area (Å²) in [5, 5.41) is 5.47. The number of carbonyl (C=O) groups excluding carboxylic acids is 1. The second kappa shape index (κ2) is 13.7. The molecule has 52 heavy (non-hydrogen) atoms. The summed E-state index contributed by atoms with van der Waals surface area (Å²) in [6.45, 7) is 5.07. The van der Waals surface area contributed by atoms with Gasteiger partial charge < -0.3 is 24.0 Å². The Morgan fingerprint density at radius 2 is 1.96 bits per heavy atom. The number of alkyl halides is 1. The second-order valence-electron chi connectivity index (χ2n) is 14.8. The van der Waals surface area contributed by atoms with Crippen molar-refractivity contribution in [2.24, 2.45) is 5.92 Å². The zero-order valence-corrected chi connectivity index (χ0v) is 30.6. The first-order valence-electron chi connectivity index (χ1n) is 17.9. The minimum atomic E-state index is -0.923. The Hall–Kier alpha value is -4.14. The molecule has 3 aromatic heterocycles. The van der Waals surface area contributed by atoms with Gasteiger partial charge in [-0.05, 0) is 67.8 Å². The van der Waals surface area contributed by atoms with Crippen LogP contribution in [0.25, 0.3) is 22.2 Å². The van der Waals surface area contributed by atoms with E-state index >= 15 is 4.39 Å². The quantitative estimate of drug-likeness (QED) is 0.184. The molecule has 0 radical (unpaired) electrons.